The van der Waals surface area contributed by atoms with Crippen molar-refractivity contribution in [2.45, 2.75) is 25.8 Å². The maximum absolute atomic E-state index is 13.1. The molecule has 0 saturated carbocycles. The Morgan fingerprint density at radius 3 is 2.83 bits per heavy atom. The van der Waals surface area contributed by atoms with Crippen LogP contribution >= 0.6 is 11.3 Å². The lowest BCUT2D eigenvalue weighted by Crippen LogP contribution is -2.32. The van der Waals surface area contributed by atoms with Crippen LogP contribution < -0.4 is 0 Å². The highest BCUT2D eigenvalue weighted by atomic mass is 32.1. The topological polar surface area (TPSA) is 51.0 Å². The van der Waals surface area contributed by atoms with Gasteiger partial charge in [-0.3, -0.25) is 4.79 Å². The number of rotatable bonds is 3. The van der Waals surface area contributed by atoms with Crippen molar-refractivity contribution in [3.8, 4) is 5.69 Å². The largest absolute Gasteiger partial charge is 0.329 e. The quantitative estimate of drug-likeness (QED) is 0.733. The predicted molar refractivity (Wildman–Crippen MR) is 93.4 cm³/mol. The van der Waals surface area contributed by atoms with Crippen molar-refractivity contribution in [2.24, 2.45) is 0 Å². The molecule has 24 heavy (non-hydrogen) atoms. The highest BCUT2D eigenvalue weighted by Crippen LogP contribution is 2.33. The summed E-state index contributed by atoms with van der Waals surface area (Å²) < 4.78 is 1.71. The number of benzene rings is 1. The highest BCUT2D eigenvalue weighted by molar-refractivity contribution is 7.09. The van der Waals surface area contributed by atoms with Crippen LogP contribution in [0.4, 0.5) is 0 Å². The van der Waals surface area contributed by atoms with Crippen LogP contribution in [0.2, 0.25) is 0 Å². The van der Waals surface area contributed by atoms with Gasteiger partial charge < -0.3 is 4.90 Å². The van der Waals surface area contributed by atoms with Crippen LogP contribution in [-0.4, -0.2) is 32.1 Å². The fourth-order valence-corrected chi connectivity index (χ4v) is 3.90. The minimum absolute atomic E-state index is 0.0181. The number of carbonyl (C=O) groups is 1. The van der Waals surface area contributed by atoms with E-state index in [-0.39, 0.29) is 11.9 Å². The summed E-state index contributed by atoms with van der Waals surface area (Å²) in [5, 5.41) is 7.45. The van der Waals surface area contributed by atoms with E-state index in [1.807, 2.05) is 42.2 Å². The number of likely N-dealkylation sites (tertiary alicyclic amines) is 1. The maximum Gasteiger partial charge on any atom is 0.273 e. The molecule has 4 rings (SSSR count). The van der Waals surface area contributed by atoms with Gasteiger partial charge in [0.1, 0.15) is 5.69 Å². The molecule has 1 fully saturated rings. The van der Waals surface area contributed by atoms with Crippen molar-refractivity contribution >= 4 is 17.2 Å². The molecule has 1 aromatic carbocycles. The Morgan fingerprint density at radius 2 is 2.08 bits per heavy atom. The second kappa shape index (κ2) is 6.20. The zero-order valence-corrected chi connectivity index (χ0v) is 14.2. The van der Waals surface area contributed by atoms with Gasteiger partial charge >= 0.3 is 0 Å². The van der Waals surface area contributed by atoms with Gasteiger partial charge in [-0.05, 0) is 38.0 Å². The molecule has 122 valence electrons. The van der Waals surface area contributed by atoms with Crippen molar-refractivity contribution in [3.05, 3.63) is 64.4 Å². The maximum atomic E-state index is 13.1. The molecule has 1 amide bonds. The highest BCUT2D eigenvalue weighted by Gasteiger charge is 2.33. The van der Waals surface area contributed by atoms with Crippen molar-refractivity contribution < 1.29 is 4.79 Å². The minimum atomic E-state index is 0.0181. The molecule has 1 aliphatic heterocycles. The SMILES string of the molecule is Cc1nc([C@H]2CCCN2C(=O)c2ccnn2-c2ccccc2)cs1. The molecule has 2 aromatic heterocycles. The van der Waals surface area contributed by atoms with Crippen LogP contribution in [0, 0.1) is 6.92 Å². The van der Waals surface area contributed by atoms with E-state index in [1.54, 1.807) is 28.3 Å². The summed E-state index contributed by atoms with van der Waals surface area (Å²) in [6.07, 6.45) is 3.65. The molecule has 3 aromatic rings. The summed E-state index contributed by atoms with van der Waals surface area (Å²) >= 11 is 1.64. The normalized spacial score (nSPS) is 17.4. The number of amides is 1. The number of aromatic nitrogens is 3. The second-order valence-corrected chi connectivity index (χ2v) is 6.97. The first-order valence-corrected chi connectivity index (χ1v) is 8.94. The number of thiazole rings is 1. The minimum Gasteiger partial charge on any atom is -0.329 e. The van der Waals surface area contributed by atoms with E-state index in [0.29, 0.717) is 5.69 Å². The third-order valence-electron chi connectivity index (χ3n) is 4.35. The zero-order valence-electron chi connectivity index (χ0n) is 13.4. The smallest absolute Gasteiger partial charge is 0.273 e. The van der Waals surface area contributed by atoms with Crippen LogP contribution in [0.25, 0.3) is 5.69 Å². The lowest BCUT2D eigenvalue weighted by molar-refractivity contribution is 0.0724. The van der Waals surface area contributed by atoms with Gasteiger partial charge in [-0.25, -0.2) is 9.67 Å². The molecule has 0 spiro atoms. The Balaban J connectivity index is 1.66. The van der Waals surface area contributed by atoms with Gasteiger partial charge in [-0.2, -0.15) is 5.10 Å². The Bertz CT molecular complexity index is 855. The summed E-state index contributed by atoms with van der Waals surface area (Å²) in [5.74, 6) is 0.0181. The molecule has 1 aliphatic rings. The predicted octanol–water partition coefficient (Wildman–Crippen LogP) is 3.61. The average Bonchev–Trinajstić information content (AvgIpc) is 3.34. The number of para-hydroxylation sites is 1. The molecule has 6 heteroatoms. The number of carbonyl (C=O) groups excluding carboxylic acids is 1. The molecule has 5 nitrogen and oxygen atoms in total. The molecule has 3 heterocycles. The number of hydrogen-bond donors (Lipinski definition) is 0. The van der Waals surface area contributed by atoms with E-state index in [9.17, 15) is 4.79 Å². The lowest BCUT2D eigenvalue weighted by Gasteiger charge is -2.23. The van der Waals surface area contributed by atoms with E-state index >= 15 is 0 Å². The van der Waals surface area contributed by atoms with Crippen LogP contribution in [-0.2, 0) is 0 Å². The van der Waals surface area contributed by atoms with Gasteiger partial charge in [0, 0.05) is 11.9 Å². The molecule has 1 atom stereocenters. The lowest BCUT2D eigenvalue weighted by atomic mass is 10.1. The first-order chi connectivity index (χ1) is 11.7. The summed E-state index contributed by atoms with van der Waals surface area (Å²) in [6.45, 7) is 2.76. The van der Waals surface area contributed by atoms with E-state index in [0.717, 1.165) is 35.8 Å². The number of aryl methyl sites for hydroxylation is 1. The van der Waals surface area contributed by atoms with E-state index in [1.165, 1.54) is 0 Å². The van der Waals surface area contributed by atoms with E-state index in [2.05, 4.69) is 15.5 Å². The Kier molecular flexibility index (Phi) is 3.90. The standard InChI is InChI=1S/C18H18N4OS/c1-13-20-15(12-24-13)16-8-5-11-21(16)18(23)17-9-10-19-22(17)14-6-3-2-4-7-14/h2-4,6-7,9-10,12,16H,5,8,11H2,1H3/t16-/m1/s1. The number of nitrogens with zero attached hydrogens (tertiary/aromatic N) is 4. The van der Waals surface area contributed by atoms with E-state index < -0.39 is 0 Å². The first kappa shape index (κ1) is 15.1. The van der Waals surface area contributed by atoms with Gasteiger partial charge in [0.15, 0.2) is 0 Å². The van der Waals surface area contributed by atoms with Crippen molar-refractivity contribution in [3.63, 3.8) is 0 Å². The van der Waals surface area contributed by atoms with Gasteiger partial charge in [0.25, 0.3) is 5.91 Å². The second-order valence-electron chi connectivity index (χ2n) is 5.91. The van der Waals surface area contributed by atoms with Crippen molar-refractivity contribution in [2.75, 3.05) is 6.54 Å². The van der Waals surface area contributed by atoms with Crippen LogP contribution in [0.5, 0.6) is 0 Å². The summed E-state index contributed by atoms with van der Waals surface area (Å²) in [4.78, 5) is 19.7. The van der Waals surface area contributed by atoms with Crippen LogP contribution in [0.1, 0.15) is 40.1 Å². The third kappa shape index (κ3) is 2.63. The molecule has 0 radical (unpaired) electrons. The first-order valence-electron chi connectivity index (χ1n) is 8.06. The Morgan fingerprint density at radius 1 is 1.25 bits per heavy atom. The third-order valence-corrected chi connectivity index (χ3v) is 5.15. The molecule has 0 bridgehead atoms. The van der Waals surface area contributed by atoms with Crippen molar-refractivity contribution in [1.82, 2.24) is 19.7 Å². The van der Waals surface area contributed by atoms with Crippen LogP contribution in [0.15, 0.2) is 48.0 Å². The Hall–Kier alpha value is -2.47. The average molecular weight is 338 g/mol. The van der Waals surface area contributed by atoms with Gasteiger partial charge in [-0.1, -0.05) is 18.2 Å². The van der Waals surface area contributed by atoms with Gasteiger partial charge in [-0.15, -0.1) is 11.3 Å². The summed E-state index contributed by atoms with van der Waals surface area (Å²) in [6, 6.07) is 11.6. The molecule has 0 aliphatic carbocycles. The van der Waals surface area contributed by atoms with Gasteiger partial charge in [0.2, 0.25) is 0 Å². The number of hydrogen-bond acceptors (Lipinski definition) is 4. The van der Waals surface area contributed by atoms with Crippen molar-refractivity contribution in [1.29, 1.82) is 0 Å². The van der Waals surface area contributed by atoms with Gasteiger partial charge in [0.05, 0.1) is 28.6 Å². The molecule has 0 N–H and O–H groups in total. The fraction of sp³-hybridized carbons (Fsp3) is 0.278. The molecule has 0 unspecified atom stereocenters. The monoisotopic (exact) mass is 338 g/mol. The molecule has 1 saturated heterocycles. The molecular weight excluding hydrogens is 320 g/mol. The fourth-order valence-electron chi connectivity index (χ4n) is 3.24. The zero-order chi connectivity index (χ0) is 16.5. The molecular formula is C18H18N4OS. The van der Waals surface area contributed by atoms with Crippen LogP contribution in [0.3, 0.4) is 0 Å². The summed E-state index contributed by atoms with van der Waals surface area (Å²) in [5.41, 5.74) is 2.50. The summed E-state index contributed by atoms with van der Waals surface area (Å²) in [7, 11) is 0. The van der Waals surface area contributed by atoms with E-state index in [4.69, 9.17) is 0 Å². The Labute approximate surface area is 144 Å².